The molecule has 0 radical (unpaired) electrons. The molecule has 19 heavy (non-hydrogen) atoms. The summed E-state index contributed by atoms with van der Waals surface area (Å²) in [5, 5.41) is 5.62. The molecule has 4 N–H and O–H groups in total. The Morgan fingerprint density at radius 3 is 2.68 bits per heavy atom. The fourth-order valence-corrected chi connectivity index (χ4v) is 1.69. The van der Waals surface area contributed by atoms with Crippen molar-refractivity contribution < 1.29 is 9.59 Å². The van der Waals surface area contributed by atoms with Crippen LogP contribution >= 0.6 is 0 Å². The predicted octanol–water partition coefficient (Wildman–Crippen LogP) is 1.25. The van der Waals surface area contributed by atoms with E-state index in [0.29, 0.717) is 17.7 Å². The molecule has 0 aliphatic heterocycles. The molecule has 1 aliphatic rings. The van der Waals surface area contributed by atoms with E-state index in [9.17, 15) is 9.59 Å². The van der Waals surface area contributed by atoms with Crippen LogP contribution in [-0.4, -0.2) is 23.9 Å². The van der Waals surface area contributed by atoms with Gasteiger partial charge in [0.2, 0.25) is 5.91 Å². The summed E-state index contributed by atoms with van der Waals surface area (Å²) in [6.45, 7) is 1.84. The van der Waals surface area contributed by atoms with Gasteiger partial charge in [0.1, 0.15) is 0 Å². The van der Waals surface area contributed by atoms with E-state index < -0.39 is 6.04 Å². The van der Waals surface area contributed by atoms with Gasteiger partial charge in [-0.1, -0.05) is 19.1 Å². The smallest absolute Gasteiger partial charge is 0.253 e. The van der Waals surface area contributed by atoms with Gasteiger partial charge >= 0.3 is 0 Å². The zero-order valence-corrected chi connectivity index (χ0v) is 11.0. The molecular weight excluding hydrogens is 242 g/mol. The Bertz CT molecular complexity index is 483. The Morgan fingerprint density at radius 2 is 2.05 bits per heavy atom. The monoisotopic (exact) mass is 261 g/mol. The van der Waals surface area contributed by atoms with E-state index in [0.717, 1.165) is 12.8 Å². The van der Waals surface area contributed by atoms with Gasteiger partial charge in [-0.25, -0.2) is 0 Å². The lowest BCUT2D eigenvalue weighted by Gasteiger charge is -2.13. The van der Waals surface area contributed by atoms with E-state index in [-0.39, 0.29) is 17.9 Å². The molecule has 1 aromatic carbocycles. The minimum Gasteiger partial charge on any atom is -0.349 e. The second kappa shape index (κ2) is 5.84. The maximum Gasteiger partial charge on any atom is 0.253 e. The molecule has 1 atom stereocenters. The lowest BCUT2D eigenvalue weighted by molar-refractivity contribution is -0.117. The second-order valence-corrected chi connectivity index (χ2v) is 4.80. The van der Waals surface area contributed by atoms with Gasteiger partial charge in [0, 0.05) is 6.04 Å². The van der Waals surface area contributed by atoms with Crippen molar-refractivity contribution >= 4 is 17.5 Å². The summed E-state index contributed by atoms with van der Waals surface area (Å²) in [6.07, 6.45) is 2.62. The quantitative estimate of drug-likeness (QED) is 0.746. The summed E-state index contributed by atoms with van der Waals surface area (Å²) in [5.41, 5.74) is 6.66. The number of hydrogen-bond donors (Lipinski definition) is 3. The van der Waals surface area contributed by atoms with E-state index in [1.807, 2.05) is 6.92 Å². The maximum atomic E-state index is 12.0. The van der Waals surface area contributed by atoms with Crippen molar-refractivity contribution in [1.82, 2.24) is 5.32 Å². The number of benzene rings is 1. The summed E-state index contributed by atoms with van der Waals surface area (Å²) in [6, 6.07) is 6.69. The van der Waals surface area contributed by atoms with Crippen LogP contribution in [0.3, 0.4) is 0 Å². The van der Waals surface area contributed by atoms with E-state index >= 15 is 0 Å². The highest BCUT2D eigenvalue weighted by Crippen LogP contribution is 2.21. The number of carbonyl (C=O) groups is 2. The molecule has 1 saturated carbocycles. The van der Waals surface area contributed by atoms with Crippen molar-refractivity contribution in [3.05, 3.63) is 29.8 Å². The van der Waals surface area contributed by atoms with Gasteiger partial charge in [0.15, 0.2) is 0 Å². The molecule has 5 nitrogen and oxygen atoms in total. The van der Waals surface area contributed by atoms with Crippen LogP contribution < -0.4 is 16.4 Å². The summed E-state index contributed by atoms with van der Waals surface area (Å²) in [4.78, 5) is 23.8. The summed E-state index contributed by atoms with van der Waals surface area (Å²) < 4.78 is 0. The molecular formula is C14H19N3O2. The predicted molar refractivity (Wildman–Crippen MR) is 73.8 cm³/mol. The van der Waals surface area contributed by atoms with Crippen molar-refractivity contribution in [2.75, 3.05) is 5.32 Å². The molecule has 0 saturated heterocycles. The third-order valence-corrected chi connectivity index (χ3v) is 3.12. The standard InChI is InChI=1S/C14H19N3O2/c1-2-11(15)14(19)17-12-6-4-3-5-10(12)13(18)16-9-7-8-9/h3-6,9,11H,2,7-8,15H2,1H3,(H,16,18)(H,17,19). The molecule has 2 amide bonds. The SMILES string of the molecule is CCC(N)C(=O)Nc1ccccc1C(=O)NC1CC1. The molecule has 102 valence electrons. The zero-order chi connectivity index (χ0) is 13.8. The number of nitrogens with two attached hydrogens (primary N) is 1. The molecule has 1 fully saturated rings. The highest BCUT2D eigenvalue weighted by molar-refractivity contribution is 6.04. The molecule has 0 bridgehead atoms. The highest BCUT2D eigenvalue weighted by Gasteiger charge is 2.25. The first-order valence-electron chi connectivity index (χ1n) is 6.58. The average molecular weight is 261 g/mol. The van der Waals surface area contributed by atoms with Gasteiger partial charge in [-0.2, -0.15) is 0 Å². The number of carbonyl (C=O) groups excluding carboxylic acids is 2. The normalized spacial score (nSPS) is 15.7. The van der Waals surface area contributed by atoms with Crippen LogP contribution in [0.2, 0.25) is 0 Å². The van der Waals surface area contributed by atoms with Crippen molar-refractivity contribution in [3.63, 3.8) is 0 Å². The lowest BCUT2D eigenvalue weighted by Crippen LogP contribution is -2.35. The molecule has 0 spiro atoms. The minimum atomic E-state index is -0.556. The molecule has 1 unspecified atom stereocenters. The fraction of sp³-hybridized carbons (Fsp3) is 0.429. The highest BCUT2D eigenvalue weighted by atomic mass is 16.2. The molecule has 0 aromatic heterocycles. The summed E-state index contributed by atoms with van der Waals surface area (Å²) >= 11 is 0. The summed E-state index contributed by atoms with van der Waals surface area (Å²) in [5.74, 6) is -0.419. The van der Waals surface area contributed by atoms with Crippen molar-refractivity contribution in [2.45, 2.75) is 38.3 Å². The minimum absolute atomic E-state index is 0.150. The Hall–Kier alpha value is -1.88. The van der Waals surface area contributed by atoms with E-state index in [4.69, 9.17) is 5.73 Å². The van der Waals surface area contributed by atoms with Gasteiger partial charge in [-0.05, 0) is 31.4 Å². The number of rotatable bonds is 5. The van der Waals surface area contributed by atoms with Gasteiger partial charge in [0.25, 0.3) is 5.91 Å². The van der Waals surface area contributed by atoms with Crippen LogP contribution in [0.5, 0.6) is 0 Å². The lowest BCUT2D eigenvalue weighted by atomic mass is 10.1. The number of para-hydroxylation sites is 1. The van der Waals surface area contributed by atoms with Crippen molar-refractivity contribution in [3.8, 4) is 0 Å². The molecule has 2 rings (SSSR count). The van der Waals surface area contributed by atoms with Crippen LogP contribution in [0.1, 0.15) is 36.5 Å². The van der Waals surface area contributed by atoms with E-state index in [1.165, 1.54) is 0 Å². The number of hydrogen-bond acceptors (Lipinski definition) is 3. The topological polar surface area (TPSA) is 84.2 Å². The van der Waals surface area contributed by atoms with Crippen LogP contribution in [0, 0.1) is 0 Å². The van der Waals surface area contributed by atoms with Crippen LogP contribution in [0.4, 0.5) is 5.69 Å². The largest absolute Gasteiger partial charge is 0.349 e. The van der Waals surface area contributed by atoms with Crippen LogP contribution in [0.25, 0.3) is 0 Å². The third kappa shape index (κ3) is 3.54. The maximum absolute atomic E-state index is 12.0. The first-order valence-corrected chi connectivity index (χ1v) is 6.58. The number of amides is 2. The number of nitrogens with one attached hydrogen (secondary N) is 2. The Kier molecular flexibility index (Phi) is 4.16. The fourth-order valence-electron chi connectivity index (χ4n) is 1.69. The average Bonchev–Trinajstić information content (AvgIpc) is 3.22. The molecule has 1 aliphatic carbocycles. The van der Waals surface area contributed by atoms with E-state index in [2.05, 4.69) is 10.6 Å². The van der Waals surface area contributed by atoms with Crippen molar-refractivity contribution in [2.24, 2.45) is 5.73 Å². The molecule has 0 heterocycles. The van der Waals surface area contributed by atoms with E-state index in [1.54, 1.807) is 24.3 Å². The second-order valence-electron chi connectivity index (χ2n) is 4.80. The Balaban J connectivity index is 2.11. The summed E-state index contributed by atoms with van der Waals surface area (Å²) in [7, 11) is 0. The third-order valence-electron chi connectivity index (χ3n) is 3.12. The molecule has 5 heteroatoms. The Labute approximate surface area is 112 Å². The van der Waals surface area contributed by atoms with Gasteiger partial charge < -0.3 is 16.4 Å². The zero-order valence-electron chi connectivity index (χ0n) is 11.0. The van der Waals surface area contributed by atoms with Crippen LogP contribution in [0.15, 0.2) is 24.3 Å². The van der Waals surface area contributed by atoms with Gasteiger partial charge in [-0.3, -0.25) is 9.59 Å². The molecule has 1 aromatic rings. The van der Waals surface area contributed by atoms with Crippen LogP contribution in [-0.2, 0) is 4.79 Å². The Morgan fingerprint density at radius 1 is 1.37 bits per heavy atom. The first kappa shape index (κ1) is 13.5. The van der Waals surface area contributed by atoms with Gasteiger partial charge in [-0.15, -0.1) is 0 Å². The van der Waals surface area contributed by atoms with Gasteiger partial charge in [0.05, 0.1) is 17.3 Å². The first-order chi connectivity index (χ1) is 9.11. The number of anilines is 1. The van der Waals surface area contributed by atoms with Crippen molar-refractivity contribution in [1.29, 1.82) is 0 Å².